The largest absolute Gasteiger partial charge is 0.475 e. The van der Waals surface area contributed by atoms with Gasteiger partial charge in [0, 0.05) is 19.7 Å². The van der Waals surface area contributed by atoms with Gasteiger partial charge in [-0.3, -0.25) is 0 Å². The molecule has 0 bridgehead atoms. The number of nitrogens with one attached hydrogen (secondary N) is 2. The summed E-state index contributed by atoms with van der Waals surface area (Å²) in [5.41, 5.74) is 2.18. The van der Waals surface area contributed by atoms with Crippen LogP contribution >= 0.6 is 0 Å². The normalized spacial score (nSPS) is 9.92. The Hall–Kier alpha value is -3.11. The van der Waals surface area contributed by atoms with Crippen molar-refractivity contribution in [2.24, 2.45) is 0 Å². The van der Waals surface area contributed by atoms with E-state index in [0.29, 0.717) is 43.3 Å². The molecule has 0 saturated carbocycles. The molecule has 0 atom stereocenters. The van der Waals surface area contributed by atoms with E-state index in [2.05, 4.69) is 21.7 Å². The molecule has 7 heteroatoms. The summed E-state index contributed by atoms with van der Waals surface area (Å²) >= 11 is 0. The Morgan fingerprint density at radius 3 is 2.88 bits per heavy atom. The lowest BCUT2D eigenvalue weighted by molar-refractivity contribution is 0.144. The van der Waals surface area contributed by atoms with Crippen molar-refractivity contribution in [3.63, 3.8) is 0 Å². The number of methoxy groups -OCH3 is 1. The second-order valence-corrected chi connectivity index (χ2v) is 5.17. The fourth-order valence-corrected chi connectivity index (χ4v) is 2.06. The number of carbonyl (C=O) groups is 1. The van der Waals surface area contributed by atoms with E-state index >= 15 is 0 Å². The monoisotopic (exact) mass is 340 g/mol. The van der Waals surface area contributed by atoms with Gasteiger partial charge in [-0.2, -0.15) is 5.26 Å². The molecule has 0 aliphatic carbocycles. The lowest BCUT2D eigenvalue weighted by Crippen LogP contribution is -2.30. The maximum Gasteiger partial charge on any atom is 0.319 e. The van der Waals surface area contributed by atoms with Crippen LogP contribution in [0.2, 0.25) is 0 Å². The summed E-state index contributed by atoms with van der Waals surface area (Å²) in [6, 6.07) is 12.5. The zero-order chi connectivity index (χ0) is 17.9. The summed E-state index contributed by atoms with van der Waals surface area (Å²) < 4.78 is 10.2. The summed E-state index contributed by atoms with van der Waals surface area (Å²) in [5, 5.41) is 14.3. The molecule has 0 saturated heterocycles. The van der Waals surface area contributed by atoms with Crippen LogP contribution in [0.1, 0.15) is 11.1 Å². The Labute approximate surface area is 146 Å². The van der Waals surface area contributed by atoms with Crippen LogP contribution in [0, 0.1) is 11.3 Å². The molecule has 130 valence electrons. The van der Waals surface area contributed by atoms with Crippen LogP contribution < -0.4 is 15.4 Å². The maximum absolute atomic E-state index is 11.9. The summed E-state index contributed by atoms with van der Waals surface area (Å²) in [6.45, 7) is 1.37. The number of hydrogen-bond donors (Lipinski definition) is 2. The summed E-state index contributed by atoms with van der Waals surface area (Å²) in [6.07, 6.45) is 2.17. The Morgan fingerprint density at radius 1 is 1.28 bits per heavy atom. The average molecular weight is 340 g/mol. The molecule has 25 heavy (non-hydrogen) atoms. The SMILES string of the molecule is COCCOc1ccc(NC(=O)NCCc2cccc(C#N)c2)cn1. The highest BCUT2D eigenvalue weighted by molar-refractivity contribution is 5.88. The number of hydrogen-bond acceptors (Lipinski definition) is 5. The topological polar surface area (TPSA) is 96.3 Å². The highest BCUT2D eigenvalue weighted by Crippen LogP contribution is 2.11. The molecule has 2 amide bonds. The quantitative estimate of drug-likeness (QED) is 0.719. The van der Waals surface area contributed by atoms with Crippen LogP contribution in [-0.2, 0) is 11.2 Å². The number of nitrogens with zero attached hydrogens (tertiary/aromatic N) is 2. The number of urea groups is 1. The van der Waals surface area contributed by atoms with E-state index in [9.17, 15) is 4.79 Å². The molecule has 0 unspecified atom stereocenters. The molecule has 2 rings (SSSR count). The van der Waals surface area contributed by atoms with E-state index in [4.69, 9.17) is 14.7 Å². The Kier molecular flexibility index (Phi) is 7.22. The third kappa shape index (κ3) is 6.49. The van der Waals surface area contributed by atoms with Gasteiger partial charge in [-0.1, -0.05) is 12.1 Å². The van der Waals surface area contributed by atoms with Gasteiger partial charge >= 0.3 is 6.03 Å². The van der Waals surface area contributed by atoms with Gasteiger partial charge in [0.1, 0.15) is 6.61 Å². The first-order valence-electron chi connectivity index (χ1n) is 7.83. The lowest BCUT2D eigenvalue weighted by Gasteiger charge is -2.09. The molecule has 0 radical (unpaired) electrons. The lowest BCUT2D eigenvalue weighted by atomic mass is 10.1. The zero-order valence-corrected chi connectivity index (χ0v) is 14.0. The number of carbonyl (C=O) groups excluding carboxylic acids is 1. The Morgan fingerprint density at radius 2 is 2.16 bits per heavy atom. The molecule has 0 aliphatic heterocycles. The first-order chi connectivity index (χ1) is 12.2. The van der Waals surface area contributed by atoms with Crippen LogP contribution in [0.3, 0.4) is 0 Å². The molecule has 1 heterocycles. The third-order valence-electron chi connectivity index (χ3n) is 3.29. The standard InChI is InChI=1S/C18H20N4O3/c1-24-9-10-25-17-6-5-16(13-21-17)22-18(23)20-8-7-14-3-2-4-15(11-14)12-19/h2-6,11,13H,7-10H2,1H3,(H2,20,22,23). The first kappa shape index (κ1) is 18.2. The number of nitriles is 1. The van der Waals surface area contributed by atoms with Crippen LogP contribution in [0.15, 0.2) is 42.6 Å². The molecule has 2 N–H and O–H groups in total. The van der Waals surface area contributed by atoms with Crippen molar-refractivity contribution in [2.75, 3.05) is 32.2 Å². The molecule has 7 nitrogen and oxygen atoms in total. The van der Waals surface area contributed by atoms with Crippen molar-refractivity contribution in [3.05, 3.63) is 53.7 Å². The van der Waals surface area contributed by atoms with Crippen molar-refractivity contribution in [1.29, 1.82) is 5.26 Å². The number of rotatable bonds is 8. The molecule has 1 aromatic heterocycles. The Balaban J connectivity index is 1.73. The zero-order valence-electron chi connectivity index (χ0n) is 14.0. The van der Waals surface area contributed by atoms with Crippen molar-refractivity contribution in [3.8, 4) is 11.9 Å². The number of benzene rings is 1. The van der Waals surface area contributed by atoms with Gasteiger partial charge in [-0.15, -0.1) is 0 Å². The highest BCUT2D eigenvalue weighted by atomic mass is 16.5. The summed E-state index contributed by atoms with van der Waals surface area (Å²) in [5.74, 6) is 0.473. The van der Waals surface area contributed by atoms with E-state index in [1.54, 1.807) is 25.3 Å². The highest BCUT2D eigenvalue weighted by Gasteiger charge is 2.03. The van der Waals surface area contributed by atoms with E-state index in [1.807, 2.05) is 18.2 Å². The molecule has 1 aromatic carbocycles. The molecule has 2 aromatic rings. The van der Waals surface area contributed by atoms with Crippen LogP contribution in [0.4, 0.5) is 10.5 Å². The molecular formula is C18H20N4O3. The van der Waals surface area contributed by atoms with Crippen molar-refractivity contribution in [1.82, 2.24) is 10.3 Å². The van der Waals surface area contributed by atoms with Gasteiger partial charge in [0.2, 0.25) is 5.88 Å². The third-order valence-corrected chi connectivity index (χ3v) is 3.29. The van der Waals surface area contributed by atoms with Gasteiger partial charge in [0.15, 0.2) is 0 Å². The second kappa shape index (κ2) is 9.90. The molecule has 0 spiro atoms. The van der Waals surface area contributed by atoms with Gasteiger partial charge < -0.3 is 20.1 Å². The minimum Gasteiger partial charge on any atom is -0.475 e. The van der Waals surface area contributed by atoms with Gasteiger partial charge in [-0.25, -0.2) is 9.78 Å². The van der Waals surface area contributed by atoms with Gasteiger partial charge in [-0.05, 0) is 30.2 Å². The predicted molar refractivity (Wildman–Crippen MR) is 93.5 cm³/mol. The van der Waals surface area contributed by atoms with E-state index in [1.165, 1.54) is 6.20 Å². The van der Waals surface area contributed by atoms with E-state index < -0.39 is 0 Å². The minimum atomic E-state index is -0.314. The fraction of sp³-hybridized carbons (Fsp3) is 0.278. The van der Waals surface area contributed by atoms with Crippen LogP contribution in [-0.4, -0.2) is 37.9 Å². The number of pyridine rings is 1. The predicted octanol–water partition coefficient (Wildman–Crippen LogP) is 2.34. The molecule has 0 aliphatic rings. The van der Waals surface area contributed by atoms with Crippen molar-refractivity contribution < 1.29 is 14.3 Å². The van der Waals surface area contributed by atoms with E-state index in [0.717, 1.165) is 5.56 Å². The van der Waals surface area contributed by atoms with Gasteiger partial charge in [0.05, 0.1) is 30.1 Å². The number of aromatic nitrogens is 1. The Bertz CT molecular complexity index is 726. The number of ether oxygens (including phenoxy) is 2. The van der Waals surface area contributed by atoms with Crippen LogP contribution in [0.25, 0.3) is 0 Å². The average Bonchev–Trinajstić information content (AvgIpc) is 2.63. The first-order valence-corrected chi connectivity index (χ1v) is 7.83. The minimum absolute atomic E-state index is 0.314. The number of anilines is 1. The van der Waals surface area contributed by atoms with Crippen LogP contribution in [0.5, 0.6) is 5.88 Å². The number of amides is 2. The van der Waals surface area contributed by atoms with E-state index in [-0.39, 0.29) is 6.03 Å². The van der Waals surface area contributed by atoms with Crippen molar-refractivity contribution >= 4 is 11.7 Å². The fourth-order valence-electron chi connectivity index (χ4n) is 2.06. The molecular weight excluding hydrogens is 320 g/mol. The smallest absolute Gasteiger partial charge is 0.319 e. The summed E-state index contributed by atoms with van der Waals surface area (Å²) in [4.78, 5) is 16.0. The van der Waals surface area contributed by atoms with Gasteiger partial charge in [0.25, 0.3) is 0 Å². The van der Waals surface area contributed by atoms with Crippen molar-refractivity contribution in [2.45, 2.75) is 6.42 Å². The summed E-state index contributed by atoms with van der Waals surface area (Å²) in [7, 11) is 1.60. The second-order valence-electron chi connectivity index (χ2n) is 5.17. The maximum atomic E-state index is 11.9. The molecule has 0 fully saturated rings.